The Labute approximate surface area is 133 Å². The molecule has 23 heavy (non-hydrogen) atoms. The Kier molecular flexibility index (Phi) is 5.30. The summed E-state index contributed by atoms with van der Waals surface area (Å²) < 4.78 is 5.10. The summed E-state index contributed by atoms with van der Waals surface area (Å²) in [6, 6.07) is 12.1. The van der Waals surface area contributed by atoms with Crippen molar-refractivity contribution in [3.63, 3.8) is 0 Å². The van der Waals surface area contributed by atoms with Gasteiger partial charge in [0.05, 0.1) is 5.56 Å². The third-order valence-electron chi connectivity index (χ3n) is 3.21. The largest absolute Gasteiger partial charge is 0.449 e. The second kappa shape index (κ2) is 7.40. The number of esters is 1. The van der Waals surface area contributed by atoms with E-state index in [4.69, 9.17) is 4.74 Å². The Morgan fingerprint density at radius 3 is 2.48 bits per heavy atom. The molecule has 2 aromatic carbocycles. The van der Waals surface area contributed by atoms with Crippen molar-refractivity contribution >= 4 is 28.7 Å². The first kappa shape index (κ1) is 16.5. The number of nitrogens with one attached hydrogen (secondary N) is 2. The number of benzene rings is 2. The molecule has 1 unspecified atom stereocenters. The highest BCUT2D eigenvalue weighted by atomic mass is 16.5. The molecule has 6 heteroatoms. The molecule has 0 aliphatic rings. The average molecular weight is 314 g/mol. The first-order valence-electron chi connectivity index (χ1n) is 7.29. The monoisotopic (exact) mass is 314 g/mol. The number of rotatable bonds is 4. The van der Waals surface area contributed by atoms with Crippen molar-refractivity contribution in [3.05, 3.63) is 48.0 Å². The lowest BCUT2D eigenvalue weighted by Gasteiger charge is -2.13. The molecule has 0 heterocycles. The molecule has 2 aromatic rings. The van der Waals surface area contributed by atoms with E-state index in [2.05, 4.69) is 10.6 Å². The number of amides is 3. The number of fused-ring (bicyclic) bond motifs is 1. The predicted octanol–water partition coefficient (Wildman–Crippen LogP) is 2.23. The zero-order chi connectivity index (χ0) is 16.8. The van der Waals surface area contributed by atoms with Crippen LogP contribution in [-0.4, -0.2) is 30.6 Å². The normalized spacial score (nSPS) is 11.6. The summed E-state index contributed by atoms with van der Waals surface area (Å²) in [5, 5.41) is 6.44. The van der Waals surface area contributed by atoms with Gasteiger partial charge in [-0.25, -0.2) is 9.59 Å². The summed E-state index contributed by atoms with van der Waals surface area (Å²) in [7, 11) is 0. The molecule has 2 N–H and O–H groups in total. The maximum atomic E-state index is 12.1. The van der Waals surface area contributed by atoms with Gasteiger partial charge in [-0.1, -0.05) is 30.3 Å². The van der Waals surface area contributed by atoms with Crippen LogP contribution in [0.1, 0.15) is 24.2 Å². The number of hydrogen-bond donors (Lipinski definition) is 2. The van der Waals surface area contributed by atoms with Crippen LogP contribution in [0.3, 0.4) is 0 Å². The molecule has 0 saturated carbocycles. The standard InChI is InChI=1S/C17H18N2O4/c1-3-18-17(22)19-15(20)11(2)23-16(21)14-9-8-12-6-4-5-7-13(12)10-14/h4-11H,3H2,1-2H3,(H2,18,19,20,22). The highest BCUT2D eigenvalue weighted by molar-refractivity contribution is 5.99. The van der Waals surface area contributed by atoms with Crippen LogP contribution >= 0.6 is 0 Å². The van der Waals surface area contributed by atoms with Gasteiger partial charge in [0.1, 0.15) is 0 Å². The number of carbonyl (C=O) groups excluding carboxylic acids is 3. The molecule has 0 bridgehead atoms. The van der Waals surface area contributed by atoms with Gasteiger partial charge in [0.2, 0.25) is 0 Å². The third kappa shape index (κ3) is 4.29. The number of ether oxygens (including phenoxy) is 1. The molecule has 2 rings (SSSR count). The molecule has 0 radical (unpaired) electrons. The fraction of sp³-hybridized carbons (Fsp3) is 0.235. The molecular formula is C17H18N2O4. The highest BCUT2D eigenvalue weighted by Crippen LogP contribution is 2.16. The number of carbonyl (C=O) groups is 3. The van der Waals surface area contributed by atoms with Crippen molar-refractivity contribution in [3.8, 4) is 0 Å². The second-order valence-corrected chi connectivity index (χ2v) is 4.96. The van der Waals surface area contributed by atoms with Crippen LogP contribution in [-0.2, 0) is 9.53 Å². The Morgan fingerprint density at radius 1 is 1.09 bits per heavy atom. The van der Waals surface area contributed by atoms with E-state index >= 15 is 0 Å². The van der Waals surface area contributed by atoms with E-state index in [9.17, 15) is 14.4 Å². The van der Waals surface area contributed by atoms with Crippen LogP contribution in [0, 0.1) is 0 Å². The lowest BCUT2D eigenvalue weighted by atomic mass is 10.1. The Morgan fingerprint density at radius 2 is 1.78 bits per heavy atom. The van der Waals surface area contributed by atoms with Crippen molar-refractivity contribution in [1.82, 2.24) is 10.6 Å². The first-order chi connectivity index (χ1) is 11.0. The summed E-state index contributed by atoms with van der Waals surface area (Å²) in [6.07, 6.45) is -1.07. The van der Waals surface area contributed by atoms with Gasteiger partial charge >= 0.3 is 12.0 Å². The Balaban J connectivity index is 2.02. The molecule has 3 amide bonds. The topological polar surface area (TPSA) is 84.5 Å². The van der Waals surface area contributed by atoms with E-state index in [1.165, 1.54) is 6.92 Å². The minimum atomic E-state index is -1.07. The number of urea groups is 1. The van der Waals surface area contributed by atoms with Gasteiger partial charge in [-0.3, -0.25) is 10.1 Å². The van der Waals surface area contributed by atoms with Gasteiger partial charge in [-0.2, -0.15) is 0 Å². The van der Waals surface area contributed by atoms with Crippen molar-refractivity contribution in [2.45, 2.75) is 20.0 Å². The van der Waals surface area contributed by atoms with Crippen molar-refractivity contribution in [2.75, 3.05) is 6.54 Å². The summed E-state index contributed by atoms with van der Waals surface area (Å²) in [4.78, 5) is 35.1. The quantitative estimate of drug-likeness (QED) is 0.848. The predicted molar refractivity (Wildman–Crippen MR) is 86.0 cm³/mol. The minimum Gasteiger partial charge on any atom is -0.449 e. The van der Waals surface area contributed by atoms with Crippen LogP contribution in [0.25, 0.3) is 10.8 Å². The molecule has 0 aliphatic carbocycles. The van der Waals surface area contributed by atoms with Crippen LogP contribution in [0.2, 0.25) is 0 Å². The molecule has 0 fully saturated rings. The fourth-order valence-electron chi connectivity index (χ4n) is 2.02. The van der Waals surface area contributed by atoms with E-state index in [0.29, 0.717) is 12.1 Å². The average Bonchev–Trinajstić information content (AvgIpc) is 2.54. The van der Waals surface area contributed by atoms with Gasteiger partial charge in [0.25, 0.3) is 5.91 Å². The van der Waals surface area contributed by atoms with Crippen molar-refractivity contribution in [2.24, 2.45) is 0 Å². The minimum absolute atomic E-state index is 0.348. The third-order valence-corrected chi connectivity index (χ3v) is 3.21. The van der Waals surface area contributed by atoms with Gasteiger partial charge in [-0.15, -0.1) is 0 Å². The van der Waals surface area contributed by atoms with E-state index in [1.807, 2.05) is 30.3 Å². The van der Waals surface area contributed by atoms with Crippen molar-refractivity contribution < 1.29 is 19.1 Å². The maximum absolute atomic E-state index is 12.1. The summed E-state index contributed by atoms with van der Waals surface area (Å²) in [6.45, 7) is 3.53. The molecule has 0 spiro atoms. The maximum Gasteiger partial charge on any atom is 0.338 e. The lowest BCUT2D eigenvalue weighted by Crippen LogP contribution is -2.44. The smallest absolute Gasteiger partial charge is 0.338 e. The zero-order valence-corrected chi connectivity index (χ0v) is 13.0. The van der Waals surface area contributed by atoms with E-state index < -0.39 is 24.0 Å². The molecule has 0 saturated heterocycles. The molecule has 6 nitrogen and oxygen atoms in total. The lowest BCUT2D eigenvalue weighted by molar-refractivity contribution is -0.127. The Bertz CT molecular complexity index is 742. The summed E-state index contributed by atoms with van der Waals surface area (Å²) in [5.41, 5.74) is 0.348. The van der Waals surface area contributed by atoms with Gasteiger partial charge in [0, 0.05) is 6.54 Å². The van der Waals surface area contributed by atoms with Crippen LogP contribution in [0.5, 0.6) is 0 Å². The fourth-order valence-corrected chi connectivity index (χ4v) is 2.02. The second-order valence-electron chi connectivity index (χ2n) is 4.96. The molecule has 0 aliphatic heterocycles. The molecular weight excluding hydrogens is 296 g/mol. The number of hydrogen-bond acceptors (Lipinski definition) is 4. The van der Waals surface area contributed by atoms with E-state index in [1.54, 1.807) is 19.1 Å². The van der Waals surface area contributed by atoms with Crippen molar-refractivity contribution in [1.29, 1.82) is 0 Å². The molecule has 1 atom stereocenters. The van der Waals surface area contributed by atoms with Gasteiger partial charge in [0.15, 0.2) is 6.10 Å². The van der Waals surface area contributed by atoms with Crippen LogP contribution < -0.4 is 10.6 Å². The van der Waals surface area contributed by atoms with Crippen LogP contribution in [0.4, 0.5) is 4.79 Å². The molecule has 0 aromatic heterocycles. The van der Waals surface area contributed by atoms with E-state index in [-0.39, 0.29) is 0 Å². The van der Waals surface area contributed by atoms with Gasteiger partial charge in [-0.05, 0) is 36.8 Å². The SMILES string of the molecule is CCNC(=O)NC(=O)C(C)OC(=O)c1ccc2ccccc2c1. The number of imide groups is 1. The van der Waals surface area contributed by atoms with Crippen LogP contribution in [0.15, 0.2) is 42.5 Å². The first-order valence-corrected chi connectivity index (χ1v) is 7.29. The zero-order valence-electron chi connectivity index (χ0n) is 13.0. The van der Waals surface area contributed by atoms with Gasteiger partial charge < -0.3 is 10.1 Å². The molecule has 120 valence electrons. The summed E-state index contributed by atoms with van der Waals surface area (Å²) >= 11 is 0. The highest BCUT2D eigenvalue weighted by Gasteiger charge is 2.20. The Hall–Kier alpha value is -2.89. The summed E-state index contributed by atoms with van der Waals surface area (Å²) in [5.74, 6) is -1.29. The van der Waals surface area contributed by atoms with E-state index in [0.717, 1.165) is 10.8 Å².